The third-order valence-corrected chi connectivity index (χ3v) is 5.22. The quantitative estimate of drug-likeness (QED) is 0.919. The Hall–Kier alpha value is -1.79. The molecule has 1 fully saturated rings. The van der Waals surface area contributed by atoms with Crippen molar-refractivity contribution in [1.82, 2.24) is 15.1 Å². The van der Waals surface area contributed by atoms with E-state index in [1.54, 1.807) is 11.3 Å². The van der Waals surface area contributed by atoms with Crippen LogP contribution in [0.2, 0.25) is 0 Å². The van der Waals surface area contributed by atoms with Crippen LogP contribution in [0.4, 0.5) is 4.79 Å². The van der Waals surface area contributed by atoms with Crippen LogP contribution < -0.4 is 5.32 Å². The molecule has 2 amide bonds. The van der Waals surface area contributed by atoms with Crippen LogP contribution in [0.25, 0.3) is 0 Å². The fraction of sp³-hybridized carbons (Fsp3) is 0.500. The summed E-state index contributed by atoms with van der Waals surface area (Å²) >= 11 is 1.79. The second kappa shape index (κ2) is 7.85. The zero-order valence-electron chi connectivity index (χ0n) is 14.3. The van der Waals surface area contributed by atoms with Gasteiger partial charge in [-0.1, -0.05) is 6.07 Å². The van der Waals surface area contributed by atoms with Gasteiger partial charge in [0.2, 0.25) is 0 Å². The predicted molar refractivity (Wildman–Crippen MR) is 96.2 cm³/mol. The van der Waals surface area contributed by atoms with Crippen molar-refractivity contribution in [2.75, 3.05) is 26.2 Å². The Morgan fingerprint density at radius 2 is 2.17 bits per heavy atom. The Morgan fingerprint density at radius 1 is 1.29 bits per heavy atom. The molecule has 5 nitrogen and oxygen atoms in total. The zero-order valence-corrected chi connectivity index (χ0v) is 15.1. The molecule has 1 atom stereocenters. The van der Waals surface area contributed by atoms with Crippen molar-refractivity contribution in [3.63, 3.8) is 0 Å². The number of amides is 2. The van der Waals surface area contributed by atoms with E-state index in [9.17, 15) is 4.79 Å². The van der Waals surface area contributed by atoms with E-state index in [0.717, 1.165) is 50.7 Å². The number of furan rings is 1. The first kappa shape index (κ1) is 17.0. The lowest BCUT2D eigenvalue weighted by Gasteiger charge is -2.23. The molecule has 1 aliphatic rings. The van der Waals surface area contributed by atoms with Crippen molar-refractivity contribution < 1.29 is 9.21 Å². The first-order valence-electron chi connectivity index (χ1n) is 8.48. The number of nitrogens with zero attached hydrogens (tertiary/aromatic N) is 2. The number of carbonyl (C=O) groups is 1. The summed E-state index contributed by atoms with van der Waals surface area (Å²) in [6.45, 7) is 8.37. The Balaban J connectivity index is 1.50. The number of hydrogen-bond acceptors (Lipinski definition) is 4. The summed E-state index contributed by atoms with van der Waals surface area (Å²) in [5, 5.41) is 5.16. The summed E-state index contributed by atoms with van der Waals surface area (Å²) in [7, 11) is 0. The van der Waals surface area contributed by atoms with Crippen molar-refractivity contribution in [1.29, 1.82) is 0 Å². The maximum absolute atomic E-state index is 12.5. The van der Waals surface area contributed by atoms with Crippen LogP contribution in [0.5, 0.6) is 0 Å². The smallest absolute Gasteiger partial charge is 0.318 e. The summed E-state index contributed by atoms with van der Waals surface area (Å²) in [6.07, 6.45) is 1.01. The van der Waals surface area contributed by atoms with Crippen LogP contribution in [0.3, 0.4) is 0 Å². The Bertz CT molecular complexity index is 653. The number of aryl methyl sites for hydroxylation is 1. The highest BCUT2D eigenvalue weighted by Gasteiger charge is 2.21. The van der Waals surface area contributed by atoms with Crippen molar-refractivity contribution >= 4 is 17.4 Å². The molecular weight excluding hydrogens is 322 g/mol. The van der Waals surface area contributed by atoms with Gasteiger partial charge in [0.05, 0.1) is 6.04 Å². The SMILES string of the molecule is Cc1ccc(C(C)NC(=O)N2CCCN(Cc3cccs3)CC2)o1. The molecule has 6 heteroatoms. The number of thiophene rings is 1. The Morgan fingerprint density at radius 3 is 2.88 bits per heavy atom. The molecule has 0 spiro atoms. The molecule has 2 aromatic rings. The molecule has 0 radical (unpaired) electrons. The minimum Gasteiger partial charge on any atom is -0.464 e. The Kier molecular flexibility index (Phi) is 5.58. The monoisotopic (exact) mass is 347 g/mol. The minimum absolute atomic E-state index is 0.00507. The lowest BCUT2D eigenvalue weighted by Crippen LogP contribution is -2.42. The molecule has 0 aromatic carbocycles. The van der Waals surface area contributed by atoms with Gasteiger partial charge in [-0.15, -0.1) is 11.3 Å². The number of urea groups is 1. The minimum atomic E-state index is -0.114. The van der Waals surface area contributed by atoms with E-state index in [1.807, 2.05) is 30.9 Å². The van der Waals surface area contributed by atoms with Gasteiger partial charge in [-0.05, 0) is 43.8 Å². The third kappa shape index (κ3) is 4.39. The fourth-order valence-electron chi connectivity index (χ4n) is 2.99. The second-order valence-electron chi connectivity index (χ2n) is 6.32. The highest BCUT2D eigenvalue weighted by atomic mass is 32.1. The maximum Gasteiger partial charge on any atom is 0.318 e. The molecule has 0 bridgehead atoms. The van der Waals surface area contributed by atoms with Gasteiger partial charge < -0.3 is 14.6 Å². The Labute approximate surface area is 147 Å². The van der Waals surface area contributed by atoms with Crippen molar-refractivity contribution in [2.45, 2.75) is 32.9 Å². The van der Waals surface area contributed by atoms with Crippen LogP contribution in [0.1, 0.15) is 35.8 Å². The van der Waals surface area contributed by atoms with Gasteiger partial charge in [0.15, 0.2) is 0 Å². The van der Waals surface area contributed by atoms with Crippen LogP contribution in [0, 0.1) is 6.92 Å². The maximum atomic E-state index is 12.5. The molecule has 3 heterocycles. The average Bonchev–Trinajstić information content (AvgIpc) is 3.15. The van der Waals surface area contributed by atoms with E-state index in [4.69, 9.17) is 4.42 Å². The summed E-state index contributed by atoms with van der Waals surface area (Å²) < 4.78 is 5.59. The van der Waals surface area contributed by atoms with Crippen LogP contribution >= 0.6 is 11.3 Å². The molecule has 1 N–H and O–H groups in total. The van der Waals surface area contributed by atoms with Gasteiger partial charge in [0.25, 0.3) is 0 Å². The lowest BCUT2D eigenvalue weighted by molar-refractivity contribution is 0.193. The first-order valence-corrected chi connectivity index (χ1v) is 9.36. The molecule has 1 saturated heterocycles. The standard InChI is InChI=1S/C18H25N3O2S/c1-14-6-7-17(23-14)15(2)19-18(22)21-9-4-8-20(10-11-21)13-16-5-3-12-24-16/h3,5-7,12,15H,4,8-11,13H2,1-2H3,(H,19,22). The normalized spacial score (nSPS) is 17.5. The van der Waals surface area contributed by atoms with E-state index in [2.05, 4.69) is 27.7 Å². The lowest BCUT2D eigenvalue weighted by atomic mass is 10.2. The molecule has 0 saturated carbocycles. The van der Waals surface area contributed by atoms with Gasteiger partial charge in [-0.25, -0.2) is 4.79 Å². The van der Waals surface area contributed by atoms with Crippen LogP contribution in [-0.4, -0.2) is 42.0 Å². The summed E-state index contributed by atoms with van der Waals surface area (Å²) in [6, 6.07) is 7.99. The van der Waals surface area contributed by atoms with Gasteiger partial charge >= 0.3 is 6.03 Å². The van der Waals surface area contributed by atoms with E-state index in [1.165, 1.54) is 4.88 Å². The zero-order chi connectivity index (χ0) is 16.9. The molecular formula is C18H25N3O2S. The third-order valence-electron chi connectivity index (χ3n) is 4.36. The van der Waals surface area contributed by atoms with Crippen molar-refractivity contribution in [3.05, 3.63) is 46.0 Å². The van der Waals surface area contributed by atoms with E-state index in [-0.39, 0.29) is 12.1 Å². The first-order chi connectivity index (χ1) is 11.6. The van der Waals surface area contributed by atoms with Gasteiger partial charge in [-0.3, -0.25) is 4.90 Å². The molecule has 24 heavy (non-hydrogen) atoms. The molecule has 0 aliphatic carbocycles. The largest absolute Gasteiger partial charge is 0.464 e. The molecule has 2 aromatic heterocycles. The fourth-order valence-corrected chi connectivity index (χ4v) is 3.74. The van der Waals surface area contributed by atoms with Crippen molar-refractivity contribution in [3.8, 4) is 0 Å². The highest BCUT2D eigenvalue weighted by molar-refractivity contribution is 7.09. The van der Waals surface area contributed by atoms with Crippen molar-refractivity contribution in [2.24, 2.45) is 0 Å². The summed E-state index contributed by atoms with van der Waals surface area (Å²) in [4.78, 5) is 18.3. The number of carbonyl (C=O) groups excluding carboxylic acids is 1. The van der Waals surface area contributed by atoms with E-state index >= 15 is 0 Å². The topological polar surface area (TPSA) is 48.7 Å². The van der Waals surface area contributed by atoms with Gasteiger partial charge in [0, 0.05) is 37.6 Å². The number of hydrogen-bond donors (Lipinski definition) is 1. The average molecular weight is 347 g/mol. The summed E-state index contributed by atoms with van der Waals surface area (Å²) in [5.74, 6) is 1.67. The van der Waals surface area contributed by atoms with Crippen LogP contribution in [-0.2, 0) is 6.54 Å². The second-order valence-corrected chi connectivity index (χ2v) is 7.35. The van der Waals surface area contributed by atoms with Gasteiger partial charge in [0.1, 0.15) is 11.5 Å². The van der Waals surface area contributed by atoms with Gasteiger partial charge in [-0.2, -0.15) is 0 Å². The number of rotatable bonds is 4. The highest BCUT2D eigenvalue weighted by Crippen LogP contribution is 2.17. The molecule has 1 unspecified atom stereocenters. The van der Waals surface area contributed by atoms with E-state index in [0.29, 0.717) is 0 Å². The molecule has 3 rings (SSSR count). The number of nitrogens with one attached hydrogen (secondary N) is 1. The van der Waals surface area contributed by atoms with E-state index < -0.39 is 0 Å². The molecule has 130 valence electrons. The van der Waals surface area contributed by atoms with Crippen LogP contribution in [0.15, 0.2) is 34.1 Å². The molecule has 1 aliphatic heterocycles. The summed E-state index contributed by atoms with van der Waals surface area (Å²) in [5.41, 5.74) is 0. The predicted octanol–water partition coefficient (Wildman–Crippen LogP) is 3.63.